The van der Waals surface area contributed by atoms with Crippen LogP contribution in [-0.2, 0) is 9.53 Å². The number of carbonyl (C=O) groups excluding carboxylic acids is 1. The Balaban J connectivity index is 2.76. The highest BCUT2D eigenvalue weighted by Gasteiger charge is 2.34. The second-order valence-corrected chi connectivity index (χ2v) is 7.26. The van der Waals surface area contributed by atoms with E-state index in [1.807, 2.05) is 39.5 Å². The van der Waals surface area contributed by atoms with Gasteiger partial charge in [-0.2, -0.15) is 0 Å². The van der Waals surface area contributed by atoms with E-state index in [2.05, 4.69) is 5.32 Å². The second kappa shape index (κ2) is 7.81. The lowest BCUT2D eigenvalue weighted by Gasteiger charge is -2.41. The van der Waals surface area contributed by atoms with Gasteiger partial charge >= 0.3 is 12.1 Å². The lowest BCUT2D eigenvalue weighted by Crippen LogP contribution is -2.56. The van der Waals surface area contributed by atoms with Gasteiger partial charge in [0.1, 0.15) is 5.60 Å². The number of carboxylic acid groups (broad SMARTS) is 1. The smallest absolute Gasteiger partial charge is 0.407 e. The van der Waals surface area contributed by atoms with Gasteiger partial charge in [-0.25, -0.2) is 4.79 Å². The van der Waals surface area contributed by atoms with Crippen LogP contribution in [-0.4, -0.2) is 52.3 Å². The summed E-state index contributed by atoms with van der Waals surface area (Å²) < 4.78 is 5.33. The Hall–Kier alpha value is -1.30. The van der Waals surface area contributed by atoms with Gasteiger partial charge in [0.05, 0.1) is 6.54 Å². The number of nitrogens with zero attached hydrogens (tertiary/aromatic N) is 1. The first kappa shape index (κ1) is 18.7. The van der Waals surface area contributed by atoms with E-state index in [4.69, 9.17) is 9.84 Å². The van der Waals surface area contributed by atoms with Gasteiger partial charge in [-0.1, -0.05) is 12.8 Å². The minimum Gasteiger partial charge on any atom is -0.480 e. The van der Waals surface area contributed by atoms with E-state index in [-0.39, 0.29) is 24.7 Å². The number of hydrogen-bond donors (Lipinski definition) is 2. The summed E-state index contributed by atoms with van der Waals surface area (Å²) in [6.07, 6.45) is 3.41. The van der Waals surface area contributed by atoms with Crippen LogP contribution in [0, 0.1) is 0 Å². The van der Waals surface area contributed by atoms with Crippen LogP contribution in [0.3, 0.4) is 0 Å². The Bertz CT molecular complexity index is 390. The van der Waals surface area contributed by atoms with Crippen molar-refractivity contribution in [1.82, 2.24) is 10.2 Å². The molecule has 0 aromatic rings. The Morgan fingerprint density at radius 2 is 1.86 bits per heavy atom. The van der Waals surface area contributed by atoms with Gasteiger partial charge in [-0.3, -0.25) is 9.69 Å². The van der Waals surface area contributed by atoms with E-state index in [9.17, 15) is 9.59 Å². The molecular weight excluding hydrogens is 284 g/mol. The van der Waals surface area contributed by atoms with Crippen molar-refractivity contribution in [2.24, 2.45) is 0 Å². The van der Waals surface area contributed by atoms with Crippen LogP contribution in [0.15, 0.2) is 0 Å². The van der Waals surface area contributed by atoms with Crippen LogP contribution in [0.4, 0.5) is 4.79 Å². The van der Waals surface area contributed by atoms with E-state index >= 15 is 0 Å². The summed E-state index contributed by atoms with van der Waals surface area (Å²) in [5.74, 6) is -0.838. The molecule has 2 N–H and O–H groups in total. The summed E-state index contributed by atoms with van der Waals surface area (Å²) in [6, 6.07) is 0.0878. The molecule has 1 rings (SSSR count). The predicted octanol–water partition coefficient (Wildman–Crippen LogP) is 2.62. The highest BCUT2D eigenvalue weighted by molar-refractivity contribution is 5.69. The maximum Gasteiger partial charge on any atom is 0.407 e. The number of carboxylic acids is 1. The van der Waals surface area contributed by atoms with Gasteiger partial charge in [0, 0.05) is 18.1 Å². The number of aliphatic carboxylic acids is 1. The predicted molar refractivity (Wildman–Crippen MR) is 84.9 cm³/mol. The molecule has 0 aliphatic heterocycles. The summed E-state index contributed by atoms with van der Waals surface area (Å²) in [5.41, 5.74) is -0.535. The number of ether oxygens (including phenoxy) is 1. The standard InChI is InChI=1S/C16H30N2O4/c1-11(2)18(10-14(19)20)13-9-7-6-8-12(13)17-15(21)22-16(3,4)5/h11-13H,6-10H2,1-5H3,(H,17,21)(H,19,20)/t12-,13+/m0/s1. The molecule has 0 aromatic heterocycles. The van der Waals surface area contributed by atoms with Crippen LogP contribution in [0.1, 0.15) is 60.3 Å². The molecule has 1 aliphatic carbocycles. The number of alkyl carbamates (subject to hydrolysis) is 1. The van der Waals surface area contributed by atoms with E-state index in [1.165, 1.54) is 0 Å². The molecule has 0 unspecified atom stereocenters. The number of hydrogen-bond acceptors (Lipinski definition) is 4. The van der Waals surface area contributed by atoms with Gasteiger partial charge < -0.3 is 15.2 Å². The summed E-state index contributed by atoms with van der Waals surface area (Å²) in [7, 11) is 0. The summed E-state index contributed by atoms with van der Waals surface area (Å²) in [5, 5.41) is 12.1. The Morgan fingerprint density at radius 3 is 2.36 bits per heavy atom. The Morgan fingerprint density at radius 1 is 1.27 bits per heavy atom. The molecule has 0 radical (unpaired) electrons. The molecule has 2 atom stereocenters. The molecule has 6 nitrogen and oxygen atoms in total. The molecule has 1 amide bonds. The molecular formula is C16H30N2O4. The maximum atomic E-state index is 12.0. The van der Waals surface area contributed by atoms with Crippen LogP contribution in [0.2, 0.25) is 0 Å². The molecule has 0 bridgehead atoms. The lowest BCUT2D eigenvalue weighted by atomic mass is 9.88. The number of carbonyl (C=O) groups is 2. The molecule has 1 fully saturated rings. The topological polar surface area (TPSA) is 78.9 Å². The lowest BCUT2D eigenvalue weighted by molar-refractivity contribution is -0.139. The summed E-state index contributed by atoms with van der Waals surface area (Å²) in [4.78, 5) is 25.1. The first-order chi connectivity index (χ1) is 10.1. The van der Waals surface area contributed by atoms with Crippen molar-refractivity contribution < 1.29 is 19.4 Å². The molecule has 0 spiro atoms. The van der Waals surface area contributed by atoms with Crippen LogP contribution >= 0.6 is 0 Å². The normalized spacial score (nSPS) is 22.7. The zero-order valence-electron chi connectivity index (χ0n) is 14.4. The van der Waals surface area contributed by atoms with Gasteiger partial charge in [-0.15, -0.1) is 0 Å². The van der Waals surface area contributed by atoms with Gasteiger partial charge in [-0.05, 0) is 47.5 Å². The van der Waals surface area contributed by atoms with E-state index < -0.39 is 17.7 Å². The molecule has 0 heterocycles. The fourth-order valence-electron chi connectivity index (χ4n) is 2.97. The third kappa shape index (κ3) is 6.22. The molecule has 6 heteroatoms. The first-order valence-corrected chi connectivity index (χ1v) is 8.07. The van der Waals surface area contributed by atoms with Crippen molar-refractivity contribution in [2.45, 2.75) is 84.0 Å². The largest absolute Gasteiger partial charge is 0.480 e. The van der Waals surface area contributed by atoms with Crippen LogP contribution in [0.25, 0.3) is 0 Å². The van der Waals surface area contributed by atoms with Crippen molar-refractivity contribution in [2.75, 3.05) is 6.54 Å². The van der Waals surface area contributed by atoms with Gasteiger partial charge in [0.25, 0.3) is 0 Å². The first-order valence-electron chi connectivity index (χ1n) is 8.07. The second-order valence-electron chi connectivity index (χ2n) is 7.26. The van der Waals surface area contributed by atoms with Crippen molar-refractivity contribution >= 4 is 12.1 Å². The zero-order chi connectivity index (χ0) is 16.9. The summed E-state index contributed by atoms with van der Waals surface area (Å²) >= 11 is 0. The molecule has 1 saturated carbocycles. The molecule has 22 heavy (non-hydrogen) atoms. The fourth-order valence-corrected chi connectivity index (χ4v) is 2.97. The number of amides is 1. The van der Waals surface area contributed by atoms with E-state index in [0.29, 0.717) is 0 Å². The fraction of sp³-hybridized carbons (Fsp3) is 0.875. The number of nitrogens with one attached hydrogen (secondary N) is 1. The third-order valence-corrected chi connectivity index (χ3v) is 3.84. The number of rotatable bonds is 5. The molecule has 128 valence electrons. The minimum atomic E-state index is -0.838. The SMILES string of the molecule is CC(C)N(CC(=O)O)[C@@H]1CCCC[C@@H]1NC(=O)OC(C)(C)C. The third-order valence-electron chi connectivity index (χ3n) is 3.84. The highest BCUT2D eigenvalue weighted by atomic mass is 16.6. The van der Waals surface area contributed by atoms with Crippen molar-refractivity contribution in [3.63, 3.8) is 0 Å². The zero-order valence-corrected chi connectivity index (χ0v) is 14.4. The monoisotopic (exact) mass is 314 g/mol. The van der Waals surface area contributed by atoms with E-state index in [0.717, 1.165) is 25.7 Å². The maximum absolute atomic E-state index is 12.0. The molecule has 0 aromatic carbocycles. The highest BCUT2D eigenvalue weighted by Crippen LogP contribution is 2.25. The van der Waals surface area contributed by atoms with Crippen molar-refractivity contribution in [3.05, 3.63) is 0 Å². The van der Waals surface area contributed by atoms with Crippen molar-refractivity contribution in [3.8, 4) is 0 Å². The summed E-state index contributed by atoms with van der Waals surface area (Å²) in [6.45, 7) is 9.46. The van der Waals surface area contributed by atoms with Gasteiger partial charge in [0.15, 0.2) is 0 Å². The van der Waals surface area contributed by atoms with Gasteiger partial charge in [0.2, 0.25) is 0 Å². The molecule has 1 aliphatic rings. The average molecular weight is 314 g/mol. The van der Waals surface area contributed by atoms with Crippen molar-refractivity contribution in [1.29, 1.82) is 0 Å². The average Bonchev–Trinajstić information content (AvgIpc) is 2.34. The quantitative estimate of drug-likeness (QED) is 0.815. The Labute approximate surface area is 133 Å². The van der Waals surface area contributed by atoms with Crippen LogP contribution < -0.4 is 5.32 Å². The Kier molecular flexibility index (Phi) is 6.66. The van der Waals surface area contributed by atoms with Crippen LogP contribution in [0.5, 0.6) is 0 Å². The van der Waals surface area contributed by atoms with E-state index in [1.54, 1.807) is 0 Å². The molecule has 0 saturated heterocycles. The minimum absolute atomic E-state index is 0.00513.